The van der Waals surface area contributed by atoms with Crippen LogP contribution in [0.3, 0.4) is 0 Å². The molecule has 1 N–H and O–H groups in total. The summed E-state index contributed by atoms with van der Waals surface area (Å²) in [5, 5.41) is 11.3. The number of halogens is 1. The molecule has 9 heteroatoms. The third kappa shape index (κ3) is 4.76. The number of anilines is 2. The van der Waals surface area contributed by atoms with Crippen LogP contribution in [0.2, 0.25) is 0 Å². The highest BCUT2D eigenvalue weighted by molar-refractivity contribution is 5.79. The molecule has 1 saturated heterocycles. The van der Waals surface area contributed by atoms with Crippen LogP contribution in [0.4, 0.5) is 16.0 Å². The van der Waals surface area contributed by atoms with Crippen molar-refractivity contribution in [2.24, 2.45) is 0 Å². The van der Waals surface area contributed by atoms with Crippen molar-refractivity contribution < 1.29 is 13.9 Å². The summed E-state index contributed by atoms with van der Waals surface area (Å²) in [6.45, 7) is 5.70. The van der Waals surface area contributed by atoms with E-state index in [1.54, 1.807) is 24.5 Å². The van der Waals surface area contributed by atoms with Crippen LogP contribution >= 0.6 is 0 Å². The van der Waals surface area contributed by atoms with Gasteiger partial charge in [0.25, 0.3) is 0 Å². The Bertz CT molecular complexity index is 1040. The lowest BCUT2D eigenvalue weighted by Crippen LogP contribution is -2.39. The number of aromatic nitrogens is 4. The third-order valence-corrected chi connectivity index (χ3v) is 5.53. The number of fused-ring (bicyclic) bond motifs is 1. The molecule has 1 fully saturated rings. The fourth-order valence-corrected chi connectivity index (χ4v) is 3.54. The van der Waals surface area contributed by atoms with Gasteiger partial charge in [-0.25, -0.2) is 14.4 Å². The molecule has 0 saturated carbocycles. The standard InChI is InChI=1S/C22H27FN6O2/c1-4-14(2)26-21-22(28-19-13-25-24-12-18(19)27-21)29-9-7-15(8-10-29)31-20-6-5-16(30-3)11-17(20)23/h5-6,11-15H,4,7-10H2,1-3H3,(H,26,27)/t14-/m1/s1. The van der Waals surface area contributed by atoms with Gasteiger partial charge in [0.15, 0.2) is 23.2 Å². The van der Waals surface area contributed by atoms with Gasteiger partial charge < -0.3 is 19.7 Å². The summed E-state index contributed by atoms with van der Waals surface area (Å²) in [7, 11) is 1.51. The number of hydrogen-bond donors (Lipinski definition) is 1. The molecule has 8 nitrogen and oxygen atoms in total. The molecular weight excluding hydrogens is 399 g/mol. The maximum Gasteiger partial charge on any atom is 0.172 e. The molecule has 31 heavy (non-hydrogen) atoms. The van der Waals surface area contributed by atoms with E-state index in [4.69, 9.17) is 19.4 Å². The van der Waals surface area contributed by atoms with Crippen molar-refractivity contribution in [3.05, 3.63) is 36.4 Å². The third-order valence-electron chi connectivity index (χ3n) is 5.53. The zero-order valence-corrected chi connectivity index (χ0v) is 18.0. The summed E-state index contributed by atoms with van der Waals surface area (Å²) < 4.78 is 25.2. The SMILES string of the molecule is CC[C@@H](C)Nc1nc2cnncc2nc1N1CCC(Oc2ccc(OC)cc2F)CC1. The van der Waals surface area contributed by atoms with Crippen molar-refractivity contribution in [2.45, 2.75) is 45.3 Å². The lowest BCUT2D eigenvalue weighted by Gasteiger charge is -2.34. The lowest BCUT2D eigenvalue weighted by atomic mass is 10.1. The van der Waals surface area contributed by atoms with Gasteiger partial charge in [0.1, 0.15) is 22.9 Å². The highest BCUT2D eigenvalue weighted by Gasteiger charge is 2.25. The monoisotopic (exact) mass is 426 g/mol. The fourth-order valence-electron chi connectivity index (χ4n) is 3.54. The van der Waals surface area contributed by atoms with Gasteiger partial charge in [-0.3, -0.25) is 0 Å². The van der Waals surface area contributed by atoms with E-state index in [2.05, 4.69) is 34.3 Å². The fraction of sp³-hybridized carbons (Fsp3) is 0.455. The molecule has 0 spiro atoms. The van der Waals surface area contributed by atoms with Crippen molar-refractivity contribution in [2.75, 3.05) is 30.4 Å². The first kappa shape index (κ1) is 21.0. The van der Waals surface area contributed by atoms with Crippen LogP contribution in [0.1, 0.15) is 33.1 Å². The summed E-state index contributed by atoms with van der Waals surface area (Å²) in [6, 6.07) is 4.92. The van der Waals surface area contributed by atoms with Gasteiger partial charge >= 0.3 is 0 Å². The average molecular weight is 426 g/mol. The van der Waals surface area contributed by atoms with Crippen LogP contribution in [0, 0.1) is 5.82 Å². The van der Waals surface area contributed by atoms with E-state index in [9.17, 15) is 4.39 Å². The number of benzene rings is 1. The van der Waals surface area contributed by atoms with Gasteiger partial charge in [0.2, 0.25) is 0 Å². The molecular formula is C22H27FN6O2. The first-order chi connectivity index (χ1) is 15.1. The number of hydrogen-bond acceptors (Lipinski definition) is 8. The summed E-state index contributed by atoms with van der Waals surface area (Å²) in [4.78, 5) is 11.8. The predicted octanol–water partition coefficient (Wildman–Crippen LogP) is 3.83. The Kier molecular flexibility index (Phi) is 6.29. The van der Waals surface area contributed by atoms with Crippen LogP contribution in [0.15, 0.2) is 30.6 Å². The molecule has 2 aromatic heterocycles. The highest BCUT2D eigenvalue weighted by atomic mass is 19.1. The molecule has 0 amide bonds. The van der Waals surface area contributed by atoms with E-state index >= 15 is 0 Å². The Hall–Kier alpha value is -3.23. The normalized spacial score (nSPS) is 15.7. The minimum atomic E-state index is -0.414. The molecule has 3 heterocycles. The van der Waals surface area contributed by atoms with Crippen LogP contribution < -0.4 is 19.7 Å². The van der Waals surface area contributed by atoms with Gasteiger partial charge in [-0.15, -0.1) is 0 Å². The molecule has 164 valence electrons. The Labute approximate surface area is 180 Å². The first-order valence-electron chi connectivity index (χ1n) is 10.6. The van der Waals surface area contributed by atoms with E-state index in [1.165, 1.54) is 13.2 Å². The van der Waals surface area contributed by atoms with E-state index in [0.717, 1.165) is 44.0 Å². The van der Waals surface area contributed by atoms with Crippen LogP contribution in [0.5, 0.6) is 11.5 Å². The number of ether oxygens (including phenoxy) is 2. The van der Waals surface area contributed by atoms with E-state index in [1.807, 2.05) is 0 Å². The largest absolute Gasteiger partial charge is 0.497 e. The molecule has 0 aliphatic carbocycles. The quantitative estimate of drug-likeness (QED) is 0.610. The minimum Gasteiger partial charge on any atom is -0.497 e. The summed E-state index contributed by atoms with van der Waals surface area (Å²) in [5.74, 6) is 1.86. The second-order valence-corrected chi connectivity index (χ2v) is 7.71. The number of nitrogens with one attached hydrogen (secondary N) is 1. The lowest BCUT2D eigenvalue weighted by molar-refractivity contribution is 0.163. The van der Waals surface area contributed by atoms with E-state index in [-0.39, 0.29) is 17.9 Å². The second-order valence-electron chi connectivity index (χ2n) is 7.71. The summed E-state index contributed by atoms with van der Waals surface area (Å²) >= 11 is 0. The molecule has 4 rings (SSSR count). The van der Waals surface area contributed by atoms with Crippen LogP contribution in [-0.4, -0.2) is 52.5 Å². The Balaban J connectivity index is 1.49. The molecule has 0 radical (unpaired) electrons. The molecule has 0 unspecified atom stereocenters. The van der Waals surface area contributed by atoms with Crippen molar-refractivity contribution in [3.8, 4) is 11.5 Å². The Morgan fingerprint density at radius 2 is 1.87 bits per heavy atom. The van der Waals surface area contributed by atoms with Gasteiger partial charge in [0.05, 0.1) is 19.5 Å². The van der Waals surface area contributed by atoms with Gasteiger partial charge in [-0.2, -0.15) is 10.2 Å². The number of methoxy groups -OCH3 is 1. The maximum atomic E-state index is 14.2. The smallest absolute Gasteiger partial charge is 0.172 e. The number of piperidine rings is 1. The average Bonchev–Trinajstić information content (AvgIpc) is 2.80. The molecule has 0 bridgehead atoms. The van der Waals surface area contributed by atoms with Crippen molar-refractivity contribution in [3.63, 3.8) is 0 Å². The first-order valence-corrected chi connectivity index (χ1v) is 10.6. The maximum absolute atomic E-state index is 14.2. The van der Waals surface area contributed by atoms with Gasteiger partial charge in [-0.1, -0.05) is 6.92 Å². The number of rotatable bonds is 7. The number of nitrogens with zero attached hydrogens (tertiary/aromatic N) is 5. The topological polar surface area (TPSA) is 85.3 Å². The molecule has 3 aromatic rings. The highest BCUT2D eigenvalue weighted by Crippen LogP contribution is 2.30. The van der Waals surface area contributed by atoms with Gasteiger partial charge in [0, 0.05) is 38.0 Å². The molecule has 1 aliphatic rings. The summed E-state index contributed by atoms with van der Waals surface area (Å²) in [5.41, 5.74) is 1.41. The molecule has 1 aromatic carbocycles. The van der Waals surface area contributed by atoms with E-state index in [0.29, 0.717) is 16.8 Å². The Morgan fingerprint density at radius 3 is 2.52 bits per heavy atom. The van der Waals surface area contributed by atoms with Crippen molar-refractivity contribution in [1.82, 2.24) is 20.2 Å². The van der Waals surface area contributed by atoms with Crippen molar-refractivity contribution >= 4 is 22.7 Å². The zero-order valence-electron chi connectivity index (χ0n) is 18.0. The second kappa shape index (κ2) is 9.28. The summed E-state index contributed by atoms with van der Waals surface area (Å²) in [6.07, 6.45) is 5.66. The Morgan fingerprint density at radius 1 is 1.16 bits per heavy atom. The molecule has 1 atom stereocenters. The van der Waals surface area contributed by atoms with Gasteiger partial charge in [-0.05, 0) is 25.5 Å². The van der Waals surface area contributed by atoms with E-state index < -0.39 is 5.82 Å². The van der Waals surface area contributed by atoms with Crippen molar-refractivity contribution in [1.29, 1.82) is 0 Å². The zero-order chi connectivity index (χ0) is 21.8. The van der Waals surface area contributed by atoms with Crippen LogP contribution in [0.25, 0.3) is 11.0 Å². The predicted molar refractivity (Wildman–Crippen MR) is 117 cm³/mol. The minimum absolute atomic E-state index is 0.0654. The molecule has 1 aliphatic heterocycles. The van der Waals surface area contributed by atoms with Crippen LogP contribution in [-0.2, 0) is 0 Å².